The fourth-order valence-electron chi connectivity index (χ4n) is 2.19. The van der Waals surface area contributed by atoms with E-state index in [0.29, 0.717) is 49.4 Å². The molecule has 6 nitrogen and oxygen atoms in total. The molecule has 0 aliphatic heterocycles. The minimum atomic E-state index is -0.438. The summed E-state index contributed by atoms with van der Waals surface area (Å²) < 4.78 is 11.1. The van der Waals surface area contributed by atoms with Crippen LogP contribution in [0.5, 0.6) is 0 Å². The first-order chi connectivity index (χ1) is 12.0. The summed E-state index contributed by atoms with van der Waals surface area (Å²) in [5.74, 6) is 0. The van der Waals surface area contributed by atoms with Crippen molar-refractivity contribution in [1.82, 2.24) is 10.6 Å². The first-order valence-corrected chi connectivity index (χ1v) is 10.1. The van der Waals surface area contributed by atoms with Gasteiger partial charge in [0.05, 0.1) is 13.2 Å². The highest BCUT2D eigenvalue weighted by molar-refractivity contribution is 7.80. The molecule has 0 aromatic heterocycles. The summed E-state index contributed by atoms with van der Waals surface area (Å²) in [6.45, 7) is 7.39. The van der Waals surface area contributed by atoms with Gasteiger partial charge in [0, 0.05) is 18.6 Å². The molecule has 6 N–H and O–H groups in total. The molecule has 148 valence electrons. The van der Waals surface area contributed by atoms with Crippen LogP contribution < -0.4 is 22.1 Å². The van der Waals surface area contributed by atoms with Gasteiger partial charge in [-0.2, -0.15) is 0 Å². The van der Waals surface area contributed by atoms with Crippen LogP contribution in [0, 0.1) is 0 Å². The highest BCUT2D eigenvalue weighted by Crippen LogP contribution is 2.16. The fourth-order valence-corrected chi connectivity index (χ4v) is 2.56. The van der Waals surface area contributed by atoms with Crippen molar-refractivity contribution in [2.45, 2.75) is 64.3 Å². The highest BCUT2D eigenvalue weighted by atomic mass is 32.1. The van der Waals surface area contributed by atoms with Gasteiger partial charge in [-0.05, 0) is 63.1 Å². The van der Waals surface area contributed by atoms with Crippen molar-refractivity contribution in [1.29, 1.82) is 0 Å². The van der Waals surface area contributed by atoms with Gasteiger partial charge < -0.3 is 31.6 Å². The first kappa shape index (κ1) is 24.3. The molecular formula is C17H36N4O2S2. The Hall–Kier alpha value is -0.700. The van der Waals surface area contributed by atoms with E-state index < -0.39 is 5.54 Å². The minimum absolute atomic E-state index is 0.432. The third-order valence-corrected chi connectivity index (χ3v) is 4.43. The van der Waals surface area contributed by atoms with E-state index in [9.17, 15) is 0 Å². The quantitative estimate of drug-likeness (QED) is 0.264. The molecule has 0 atom stereocenters. The van der Waals surface area contributed by atoms with Gasteiger partial charge in [-0.25, -0.2) is 0 Å². The van der Waals surface area contributed by atoms with Gasteiger partial charge in [0.1, 0.15) is 0 Å². The lowest BCUT2D eigenvalue weighted by atomic mass is 9.89. The molecule has 0 saturated carbocycles. The summed E-state index contributed by atoms with van der Waals surface area (Å²) in [6, 6.07) is 0. The zero-order valence-electron chi connectivity index (χ0n) is 15.8. The molecule has 0 heterocycles. The summed E-state index contributed by atoms with van der Waals surface area (Å²) >= 11 is 10.3. The molecule has 0 bridgehead atoms. The monoisotopic (exact) mass is 392 g/mol. The van der Waals surface area contributed by atoms with Crippen LogP contribution in [-0.4, -0.2) is 48.7 Å². The van der Waals surface area contributed by atoms with Crippen molar-refractivity contribution in [3.8, 4) is 0 Å². The predicted molar refractivity (Wildman–Crippen MR) is 113 cm³/mol. The van der Waals surface area contributed by atoms with Crippen LogP contribution in [0.15, 0.2) is 0 Å². The highest BCUT2D eigenvalue weighted by Gasteiger charge is 2.24. The number of nitrogens with one attached hydrogen (secondary N) is 2. The molecule has 0 aromatic carbocycles. The van der Waals surface area contributed by atoms with Crippen molar-refractivity contribution in [3.05, 3.63) is 0 Å². The van der Waals surface area contributed by atoms with E-state index in [1.165, 1.54) is 0 Å². The van der Waals surface area contributed by atoms with Gasteiger partial charge in [-0.15, -0.1) is 0 Å². The number of hydrogen-bond donors (Lipinski definition) is 4. The molecule has 25 heavy (non-hydrogen) atoms. The molecule has 0 spiro atoms. The molecular weight excluding hydrogens is 356 g/mol. The first-order valence-electron chi connectivity index (χ1n) is 9.27. The van der Waals surface area contributed by atoms with Gasteiger partial charge in [-0.1, -0.05) is 26.7 Å². The number of unbranched alkanes of at least 4 members (excludes halogenated alkanes) is 2. The minimum Gasteiger partial charge on any atom is -0.471 e. The molecule has 0 radical (unpaired) electrons. The molecule has 0 amide bonds. The normalized spacial score (nSPS) is 11.0. The topological polar surface area (TPSA) is 94.6 Å². The van der Waals surface area contributed by atoms with Crippen LogP contribution in [0.2, 0.25) is 0 Å². The van der Waals surface area contributed by atoms with E-state index in [1.807, 2.05) is 0 Å². The van der Waals surface area contributed by atoms with Crippen LogP contribution in [0.1, 0.15) is 58.8 Å². The second-order valence-electron chi connectivity index (χ2n) is 6.23. The Morgan fingerprint density at radius 3 is 1.68 bits per heavy atom. The van der Waals surface area contributed by atoms with Crippen molar-refractivity contribution in [2.24, 2.45) is 11.5 Å². The standard InChI is InChI=1S/C17H36N4O2S2/c1-3-5-11-20-15(24)22-13-8-17(19,7-10-18)9-14-23-16(25)21-12-6-4-2/h3-14,18-19H2,1-2H3,(H,20,24)(H,21,25). The van der Waals surface area contributed by atoms with E-state index in [1.54, 1.807) is 0 Å². The van der Waals surface area contributed by atoms with Crippen LogP contribution in [0.4, 0.5) is 0 Å². The molecule has 0 saturated heterocycles. The zero-order valence-corrected chi connectivity index (χ0v) is 17.4. The Labute approximate surface area is 163 Å². The lowest BCUT2D eigenvalue weighted by Gasteiger charge is -2.29. The van der Waals surface area contributed by atoms with Crippen LogP contribution in [0.3, 0.4) is 0 Å². The second-order valence-corrected chi connectivity index (χ2v) is 6.98. The molecule has 0 unspecified atom stereocenters. The van der Waals surface area contributed by atoms with Gasteiger partial charge in [-0.3, -0.25) is 0 Å². The number of nitrogens with two attached hydrogens (primary N) is 2. The summed E-state index contributed by atoms with van der Waals surface area (Å²) in [5.41, 5.74) is 11.7. The van der Waals surface area contributed by atoms with Gasteiger partial charge >= 0.3 is 0 Å². The lowest BCUT2D eigenvalue weighted by molar-refractivity contribution is 0.194. The summed E-state index contributed by atoms with van der Waals surface area (Å²) in [4.78, 5) is 0. The number of hydrogen-bond acceptors (Lipinski definition) is 6. The number of rotatable bonds is 14. The van der Waals surface area contributed by atoms with E-state index in [0.717, 1.165) is 38.8 Å². The SMILES string of the molecule is CCCCNC(=S)OCCC(N)(CCN)CCOC(=S)NCCCC. The maximum absolute atomic E-state index is 6.46. The Bertz CT molecular complexity index is 343. The van der Waals surface area contributed by atoms with Crippen LogP contribution in [0.25, 0.3) is 0 Å². The Kier molecular flexibility index (Phi) is 15.1. The van der Waals surface area contributed by atoms with Crippen LogP contribution >= 0.6 is 24.4 Å². The maximum Gasteiger partial charge on any atom is 0.256 e. The maximum atomic E-state index is 6.46. The molecule has 0 aliphatic carbocycles. The van der Waals surface area contributed by atoms with Crippen molar-refractivity contribution in [2.75, 3.05) is 32.8 Å². The van der Waals surface area contributed by atoms with Crippen molar-refractivity contribution in [3.63, 3.8) is 0 Å². The summed E-state index contributed by atoms with van der Waals surface area (Å²) in [7, 11) is 0. The lowest BCUT2D eigenvalue weighted by Crippen LogP contribution is -2.44. The number of ether oxygens (including phenoxy) is 2. The number of thiocarbonyl (C=S) groups is 2. The Balaban J connectivity index is 4.05. The largest absolute Gasteiger partial charge is 0.471 e. The summed E-state index contributed by atoms with van der Waals surface area (Å²) in [5, 5.41) is 7.02. The van der Waals surface area contributed by atoms with Crippen molar-refractivity contribution < 1.29 is 9.47 Å². The molecule has 0 rings (SSSR count). The van der Waals surface area contributed by atoms with Crippen LogP contribution in [-0.2, 0) is 9.47 Å². The fraction of sp³-hybridized carbons (Fsp3) is 0.882. The average Bonchev–Trinajstić information content (AvgIpc) is 2.55. The van der Waals surface area contributed by atoms with E-state index in [-0.39, 0.29) is 0 Å². The van der Waals surface area contributed by atoms with E-state index in [2.05, 4.69) is 24.5 Å². The molecule has 0 fully saturated rings. The van der Waals surface area contributed by atoms with Gasteiger partial charge in [0.25, 0.3) is 10.3 Å². The summed E-state index contributed by atoms with van der Waals surface area (Å²) in [6.07, 6.45) is 6.41. The second kappa shape index (κ2) is 15.5. The van der Waals surface area contributed by atoms with Gasteiger partial charge in [0.15, 0.2) is 0 Å². The van der Waals surface area contributed by atoms with Crippen molar-refractivity contribution >= 4 is 34.8 Å². The molecule has 8 heteroatoms. The Morgan fingerprint density at radius 2 is 1.32 bits per heavy atom. The van der Waals surface area contributed by atoms with E-state index >= 15 is 0 Å². The molecule has 0 aliphatic rings. The smallest absolute Gasteiger partial charge is 0.256 e. The third-order valence-electron chi connectivity index (χ3n) is 3.91. The molecule has 0 aromatic rings. The van der Waals surface area contributed by atoms with Gasteiger partial charge in [0.2, 0.25) is 0 Å². The van der Waals surface area contributed by atoms with E-state index in [4.69, 9.17) is 45.4 Å². The average molecular weight is 393 g/mol. The third kappa shape index (κ3) is 14.2. The predicted octanol–water partition coefficient (Wildman–Crippen LogP) is 2.20. The Morgan fingerprint density at radius 1 is 0.880 bits per heavy atom. The zero-order chi connectivity index (χ0) is 19.0.